The lowest BCUT2D eigenvalue weighted by Gasteiger charge is -2.29. The molecular weight excluding hydrogens is 732 g/mol. The first kappa shape index (κ1) is 36.6. The first-order valence-corrected chi connectivity index (χ1v) is 18.9. The molecule has 0 spiro atoms. The molecule has 5 aromatic rings. The molecule has 0 aliphatic carbocycles. The highest BCUT2D eigenvalue weighted by Gasteiger charge is 2.41. The van der Waals surface area contributed by atoms with Gasteiger partial charge in [-0.25, -0.2) is 4.98 Å². The lowest BCUT2D eigenvalue weighted by atomic mass is 10.0. The number of hydrogen-bond acceptors (Lipinski definition) is 8. The van der Waals surface area contributed by atoms with Crippen LogP contribution >= 0.6 is 11.6 Å². The zero-order valence-electron chi connectivity index (χ0n) is 30.8. The van der Waals surface area contributed by atoms with Crippen molar-refractivity contribution in [3.63, 3.8) is 0 Å². The van der Waals surface area contributed by atoms with Crippen LogP contribution in [0.25, 0.3) is 33.3 Å². The van der Waals surface area contributed by atoms with Gasteiger partial charge in [-0.3, -0.25) is 39.3 Å². The standard InChI is InChI=1S/C42H37ClN8O5/c1-3-36-47-39(35-23-49(24(2)52)17-18-50(35)36)28-9-6-8-26-19-33(46-21-29(26)28)27-11-13-32(45-20-27)40(54)44-16-5-4-7-25-10-12-31(43)38-30(25)22-51(42(38)56)34-14-15-37(53)48-41(34)55/h6,8-13,19-21,34H,3,5,14-18,22-23H2,1-2H3,(H,44,54)(H,48,53,55). The van der Waals surface area contributed by atoms with E-state index in [9.17, 15) is 24.0 Å². The van der Waals surface area contributed by atoms with Crippen LogP contribution < -0.4 is 10.6 Å². The van der Waals surface area contributed by atoms with E-state index in [4.69, 9.17) is 21.6 Å². The first-order chi connectivity index (χ1) is 27.1. The van der Waals surface area contributed by atoms with Crippen molar-refractivity contribution in [1.29, 1.82) is 0 Å². The number of imidazole rings is 1. The van der Waals surface area contributed by atoms with E-state index in [1.807, 2.05) is 41.4 Å². The number of rotatable bonds is 7. The minimum Gasteiger partial charge on any atom is -0.350 e. The average molecular weight is 769 g/mol. The molecule has 0 saturated carbocycles. The third-order valence-electron chi connectivity index (χ3n) is 10.6. The van der Waals surface area contributed by atoms with E-state index in [0.717, 1.165) is 52.1 Å². The molecule has 1 unspecified atom stereocenters. The van der Waals surface area contributed by atoms with Crippen molar-refractivity contribution in [2.75, 3.05) is 13.1 Å². The summed E-state index contributed by atoms with van der Waals surface area (Å²) in [5, 5.41) is 7.37. The zero-order chi connectivity index (χ0) is 39.1. The Morgan fingerprint density at radius 3 is 2.66 bits per heavy atom. The Kier molecular flexibility index (Phi) is 9.82. The topological polar surface area (TPSA) is 159 Å². The second-order valence-electron chi connectivity index (χ2n) is 14.0. The summed E-state index contributed by atoms with van der Waals surface area (Å²) in [6, 6.07) is 14.1. The molecule has 3 aliphatic heterocycles. The van der Waals surface area contributed by atoms with Crippen molar-refractivity contribution in [1.82, 2.24) is 40.0 Å². The maximum absolute atomic E-state index is 13.2. The van der Waals surface area contributed by atoms with Crippen LogP contribution in [-0.4, -0.2) is 78.0 Å². The van der Waals surface area contributed by atoms with Gasteiger partial charge in [-0.1, -0.05) is 48.6 Å². The Balaban J connectivity index is 0.916. The SMILES string of the molecule is CCc1nc(-c2cccc3cc(-c4ccc(C(=O)NCCC#Cc5ccc(Cl)c6c5CN(C5CCC(=O)NC5=O)C6=O)nc4)ncc23)c2n1CCN(C(C)=O)C2. The predicted octanol–water partition coefficient (Wildman–Crippen LogP) is 4.67. The number of aryl methyl sites for hydroxylation is 1. The van der Waals surface area contributed by atoms with E-state index >= 15 is 0 Å². The minimum atomic E-state index is -0.754. The lowest BCUT2D eigenvalue weighted by molar-refractivity contribution is -0.137. The predicted molar refractivity (Wildman–Crippen MR) is 208 cm³/mol. The second-order valence-corrected chi connectivity index (χ2v) is 14.4. The number of benzene rings is 2. The molecule has 6 heterocycles. The van der Waals surface area contributed by atoms with Crippen molar-refractivity contribution in [3.8, 4) is 34.4 Å². The van der Waals surface area contributed by atoms with Gasteiger partial charge in [0, 0.05) is 92.4 Å². The molecule has 3 aromatic heterocycles. The second kappa shape index (κ2) is 15.0. The number of carbonyl (C=O) groups excluding carboxylic acids is 5. The van der Waals surface area contributed by atoms with E-state index in [-0.39, 0.29) is 60.3 Å². The molecular formula is C42H37ClN8O5. The molecule has 14 heteroatoms. The molecule has 8 rings (SSSR count). The molecule has 56 heavy (non-hydrogen) atoms. The number of halogens is 1. The highest BCUT2D eigenvalue weighted by Crippen LogP contribution is 2.36. The summed E-state index contributed by atoms with van der Waals surface area (Å²) in [6.45, 7) is 6.03. The number of carbonyl (C=O) groups is 5. The Bertz CT molecular complexity index is 2540. The fraction of sp³-hybridized carbons (Fsp3) is 0.286. The molecule has 2 aromatic carbocycles. The van der Waals surface area contributed by atoms with Crippen molar-refractivity contribution in [2.45, 2.75) is 65.2 Å². The lowest BCUT2D eigenvalue weighted by Crippen LogP contribution is -2.52. The number of nitrogens with one attached hydrogen (secondary N) is 2. The average Bonchev–Trinajstić information content (AvgIpc) is 3.75. The summed E-state index contributed by atoms with van der Waals surface area (Å²) >= 11 is 6.39. The smallest absolute Gasteiger partial charge is 0.269 e. The molecule has 5 amide bonds. The van der Waals surface area contributed by atoms with E-state index in [1.165, 1.54) is 4.90 Å². The van der Waals surface area contributed by atoms with Crippen LogP contribution in [0.3, 0.4) is 0 Å². The zero-order valence-corrected chi connectivity index (χ0v) is 31.6. The van der Waals surface area contributed by atoms with Gasteiger partial charge in [0.05, 0.1) is 34.2 Å². The van der Waals surface area contributed by atoms with E-state index < -0.39 is 11.9 Å². The van der Waals surface area contributed by atoms with Crippen molar-refractivity contribution in [2.24, 2.45) is 0 Å². The maximum Gasteiger partial charge on any atom is 0.269 e. The van der Waals surface area contributed by atoms with Gasteiger partial charge >= 0.3 is 0 Å². The number of pyridine rings is 2. The van der Waals surface area contributed by atoms with Gasteiger partial charge in [0.15, 0.2) is 0 Å². The Morgan fingerprint density at radius 1 is 1.04 bits per heavy atom. The summed E-state index contributed by atoms with van der Waals surface area (Å²) in [4.78, 5) is 80.0. The third-order valence-corrected chi connectivity index (χ3v) is 10.9. The number of fused-ring (bicyclic) bond motifs is 3. The van der Waals surface area contributed by atoms with Crippen LogP contribution in [-0.2, 0) is 40.4 Å². The summed E-state index contributed by atoms with van der Waals surface area (Å²) in [7, 11) is 0. The quantitative estimate of drug-likeness (QED) is 0.137. The molecule has 1 saturated heterocycles. The summed E-state index contributed by atoms with van der Waals surface area (Å²) in [5.41, 5.74) is 6.17. The monoisotopic (exact) mass is 768 g/mol. The van der Waals surface area contributed by atoms with Gasteiger partial charge < -0.3 is 19.7 Å². The first-order valence-electron chi connectivity index (χ1n) is 18.5. The van der Waals surface area contributed by atoms with Crippen LogP contribution in [0.15, 0.2) is 60.9 Å². The number of hydrogen-bond donors (Lipinski definition) is 2. The number of imide groups is 1. The van der Waals surface area contributed by atoms with Crippen LogP contribution in [0.2, 0.25) is 5.02 Å². The van der Waals surface area contributed by atoms with E-state index in [1.54, 1.807) is 31.3 Å². The largest absolute Gasteiger partial charge is 0.350 e. The Morgan fingerprint density at radius 2 is 1.89 bits per heavy atom. The van der Waals surface area contributed by atoms with Crippen molar-refractivity contribution in [3.05, 3.63) is 99.8 Å². The number of amides is 5. The number of piperidine rings is 1. The fourth-order valence-electron chi connectivity index (χ4n) is 7.65. The Hall–Kier alpha value is -6.39. The highest BCUT2D eigenvalue weighted by molar-refractivity contribution is 6.34. The summed E-state index contributed by atoms with van der Waals surface area (Å²) in [6.07, 6.45) is 5.01. The molecule has 282 valence electrons. The molecule has 0 radical (unpaired) electrons. The van der Waals surface area contributed by atoms with Gasteiger partial charge in [-0.2, -0.15) is 0 Å². The third kappa shape index (κ3) is 6.77. The van der Waals surface area contributed by atoms with Crippen LogP contribution in [0.4, 0.5) is 0 Å². The maximum atomic E-state index is 13.2. The fourth-order valence-corrected chi connectivity index (χ4v) is 7.91. The van der Waals surface area contributed by atoms with Gasteiger partial charge in [0.1, 0.15) is 17.6 Å². The molecule has 3 aliphatic rings. The molecule has 13 nitrogen and oxygen atoms in total. The highest BCUT2D eigenvalue weighted by atomic mass is 35.5. The molecule has 1 fully saturated rings. The number of nitrogens with zero attached hydrogens (tertiary/aromatic N) is 6. The number of aromatic nitrogens is 4. The van der Waals surface area contributed by atoms with Gasteiger partial charge in [0.25, 0.3) is 11.8 Å². The molecule has 2 N–H and O–H groups in total. The minimum absolute atomic E-state index is 0.0503. The summed E-state index contributed by atoms with van der Waals surface area (Å²) in [5.74, 6) is 5.64. The van der Waals surface area contributed by atoms with E-state index in [2.05, 4.69) is 38.9 Å². The Labute approximate surface area is 327 Å². The van der Waals surface area contributed by atoms with Gasteiger partial charge in [-0.05, 0) is 42.1 Å². The molecule has 0 bridgehead atoms. The van der Waals surface area contributed by atoms with Crippen LogP contribution in [0, 0.1) is 11.8 Å². The van der Waals surface area contributed by atoms with Crippen molar-refractivity contribution >= 4 is 51.9 Å². The van der Waals surface area contributed by atoms with E-state index in [0.29, 0.717) is 41.9 Å². The normalized spacial score (nSPS) is 16.3. The van der Waals surface area contributed by atoms with Crippen LogP contribution in [0.5, 0.6) is 0 Å². The van der Waals surface area contributed by atoms with Crippen molar-refractivity contribution < 1.29 is 24.0 Å². The van der Waals surface area contributed by atoms with Gasteiger partial charge in [-0.15, -0.1) is 0 Å². The molecule has 1 atom stereocenters. The van der Waals surface area contributed by atoms with Gasteiger partial charge in [0.2, 0.25) is 17.7 Å². The van der Waals surface area contributed by atoms with Crippen LogP contribution in [0.1, 0.15) is 76.6 Å². The summed E-state index contributed by atoms with van der Waals surface area (Å²) < 4.78 is 2.24.